The number of hydrogen-bond donors (Lipinski definition) is 3. The number of benzene rings is 6. The molecule has 3 aliphatic carbocycles. The first-order valence-electron chi connectivity index (χ1n) is 26.9. The monoisotopic (exact) mass is 1260 g/mol. The normalized spacial score (nSPS) is 12.6. The van der Waals surface area contributed by atoms with Gasteiger partial charge in [-0.05, 0) is 67.8 Å². The molecule has 3 aromatic heterocycles. The van der Waals surface area contributed by atoms with Crippen molar-refractivity contribution >= 4 is 109 Å². The second kappa shape index (κ2) is 24.5. The Bertz CT molecular complexity index is 5110. The van der Waals surface area contributed by atoms with Crippen molar-refractivity contribution in [1.29, 1.82) is 0 Å². The van der Waals surface area contributed by atoms with Crippen LogP contribution < -0.4 is 16.7 Å². The van der Waals surface area contributed by atoms with E-state index in [4.69, 9.17) is 42.9 Å². The van der Waals surface area contributed by atoms with Crippen LogP contribution in [0.5, 0.6) is 17.6 Å². The molecule has 0 radical (unpaired) electrons. The van der Waals surface area contributed by atoms with Crippen LogP contribution >= 0.6 is 23.2 Å². The molecule has 12 rings (SSSR count). The molecule has 9 aromatic rings. The Morgan fingerprint density at radius 2 is 0.587 bits per heavy atom. The highest BCUT2D eigenvalue weighted by atomic mass is 35.5. The molecule has 3 heterocycles. The number of ketones is 6. The number of rotatable bonds is 6. The molecule has 0 unspecified atom stereocenters. The van der Waals surface area contributed by atoms with Crippen LogP contribution in [0.1, 0.15) is 112 Å². The van der Waals surface area contributed by atoms with Crippen LogP contribution in [0.25, 0.3) is 14.5 Å². The average molecular weight is 1260 g/mol. The molecule has 24 nitrogen and oxygen atoms in total. The largest absolute Gasteiger partial charge is 0.503 e. The van der Waals surface area contributed by atoms with Crippen LogP contribution in [-0.4, -0.2) is 63.7 Å². The topological polar surface area (TPSA) is 316 Å². The molecule has 92 heavy (non-hydrogen) atoms. The number of aromatic nitrogens is 3. The van der Waals surface area contributed by atoms with Gasteiger partial charge >= 0.3 is 0 Å². The molecular formula is C66H40Cl2N12O12. The Balaban J connectivity index is 0.000000151. The van der Waals surface area contributed by atoms with Crippen LogP contribution in [-0.2, 0) is 21.1 Å². The summed E-state index contributed by atoms with van der Waals surface area (Å²) in [5.74, 6) is -3.71. The Morgan fingerprint density at radius 1 is 0.337 bits per heavy atom. The zero-order valence-electron chi connectivity index (χ0n) is 48.6. The zero-order valence-corrected chi connectivity index (χ0v) is 50.1. The predicted molar refractivity (Wildman–Crippen MR) is 335 cm³/mol. The molecule has 450 valence electrons. The van der Waals surface area contributed by atoms with Crippen molar-refractivity contribution in [3.05, 3.63) is 274 Å². The summed E-state index contributed by atoms with van der Waals surface area (Å²) in [7, 11) is 3.92. The lowest BCUT2D eigenvalue weighted by Crippen LogP contribution is -2.22. The first kappa shape index (κ1) is 62.5. The van der Waals surface area contributed by atoms with Crippen molar-refractivity contribution < 1.29 is 44.1 Å². The Morgan fingerprint density at radius 3 is 0.891 bits per heavy atom. The molecule has 0 atom stereocenters. The van der Waals surface area contributed by atoms with Gasteiger partial charge in [0.1, 0.15) is 17.1 Å². The summed E-state index contributed by atoms with van der Waals surface area (Å²) in [4.78, 5) is 125. The molecule has 0 aliphatic heterocycles. The first-order valence-corrected chi connectivity index (χ1v) is 27.7. The summed E-state index contributed by atoms with van der Waals surface area (Å²) >= 11 is 12.3. The summed E-state index contributed by atoms with van der Waals surface area (Å²) in [6, 6.07) is 29.7. The van der Waals surface area contributed by atoms with E-state index in [0.717, 1.165) is 13.7 Å². The standard InChI is InChI=1S/C22H12Cl2N4O4.2C22H14N4O4/c1-9-17(25-2)21(31)28(3)22(32)18(9)27-26-13-6-4-5-10-14(13)20(30)16-12(24)8-7-11(23)15(16)19(10)29;2*1-11-17(23-2)21(29)26(3)22(30)18(11)25-24-15-10-6-9-14-16(15)20(28)13-8-5-4-7-12(13)19(14)27/h4-8,31H,1,3H3;2*4-10,29H,1,3H3. The number of hydrogen-bond acceptors (Lipinski definition) is 18. The highest BCUT2D eigenvalue weighted by molar-refractivity contribution is 6.44. The van der Waals surface area contributed by atoms with E-state index in [2.05, 4.69) is 45.2 Å². The molecule has 0 fully saturated rings. The van der Waals surface area contributed by atoms with E-state index in [0.29, 0.717) is 11.1 Å². The van der Waals surface area contributed by atoms with E-state index in [1.165, 1.54) is 84.4 Å². The van der Waals surface area contributed by atoms with Gasteiger partial charge in [-0.25, -0.2) is 14.5 Å². The Labute approximate surface area is 528 Å². The number of aromatic hydroxyl groups is 3. The number of halogens is 2. The predicted octanol–water partition coefficient (Wildman–Crippen LogP) is 13.7. The molecule has 6 aromatic carbocycles. The van der Waals surface area contributed by atoms with Crippen molar-refractivity contribution in [3.8, 4) is 17.6 Å². The fraction of sp³-hybridized carbons (Fsp3) is 0.0909. The van der Waals surface area contributed by atoms with Gasteiger partial charge in [0.2, 0.25) is 17.1 Å². The van der Waals surface area contributed by atoms with Crippen molar-refractivity contribution in [1.82, 2.24) is 13.7 Å². The number of carbonyl (C=O) groups excluding carboxylic acids is 6. The summed E-state index contributed by atoms with van der Waals surface area (Å²) in [6.45, 7) is 26.1. The highest BCUT2D eigenvalue weighted by Gasteiger charge is 2.37. The summed E-state index contributed by atoms with van der Waals surface area (Å²) in [5, 5.41) is 54.3. The number of azo groups is 3. The fourth-order valence-corrected chi connectivity index (χ4v) is 10.8. The molecule has 3 aliphatic rings. The smallest absolute Gasteiger partial charge is 0.278 e. The Kier molecular flexibility index (Phi) is 16.7. The van der Waals surface area contributed by atoms with Gasteiger partial charge in [0, 0.05) is 60.1 Å². The molecule has 26 heteroatoms. The lowest BCUT2D eigenvalue weighted by atomic mass is 9.83. The van der Waals surface area contributed by atoms with Crippen LogP contribution in [0.3, 0.4) is 0 Å². The molecule has 3 N–H and O–H groups in total. The maximum Gasteiger partial charge on any atom is 0.278 e. The molecule has 0 amide bonds. The zero-order chi connectivity index (χ0) is 66.5. The second-order valence-corrected chi connectivity index (χ2v) is 21.2. The van der Waals surface area contributed by atoms with E-state index in [9.17, 15) is 58.5 Å². The van der Waals surface area contributed by atoms with Crippen molar-refractivity contribution in [2.75, 3.05) is 0 Å². The van der Waals surface area contributed by atoms with Gasteiger partial charge in [-0.2, -0.15) is 0 Å². The van der Waals surface area contributed by atoms with E-state index >= 15 is 0 Å². The van der Waals surface area contributed by atoms with E-state index in [-0.39, 0.29) is 157 Å². The fourth-order valence-electron chi connectivity index (χ4n) is 10.4. The third-order valence-electron chi connectivity index (χ3n) is 15.3. The molecular weight excluding hydrogens is 1220 g/mol. The van der Waals surface area contributed by atoms with E-state index in [1.807, 2.05) is 0 Å². The van der Waals surface area contributed by atoms with Crippen LogP contribution in [0.15, 0.2) is 160 Å². The summed E-state index contributed by atoms with van der Waals surface area (Å²) in [5.41, 5.74) is -0.00678. The third kappa shape index (κ3) is 10.3. The first-order chi connectivity index (χ1) is 43.9. The van der Waals surface area contributed by atoms with Gasteiger partial charge in [0.15, 0.2) is 52.3 Å². The number of pyridine rings is 3. The SMILES string of the molecule is [C-]#[N+]c1c(C)c(N=Nc2cccc3c2C(=O)c2c(Cl)ccc(Cl)c2C3=O)c(=O)n(C)c1O.[C-]#[N+]c1c(C)c(N=Nc2cccc3c2C(=O)c2ccccc2C3=O)c(=O)n(C)c1O.[C-]#[N+]c1c(C)c(N=Nc2cccc3c2C(=O)c2ccccc2C3=O)c(=O)n(C)c1O. The second-order valence-electron chi connectivity index (χ2n) is 20.4. The maximum absolute atomic E-state index is 13.3. The van der Waals surface area contributed by atoms with E-state index in [1.54, 1.807) is 72.8 Å². The molecule has 0 saturated carbocycles. The van der Waals surface area contributed by atoms with Gasteiger partial charge in [-0.1, -0.05) is 108 Å². The summed E-state index contributed by atoms with van der Waals surface area (Å²) < 4.78 is 2.68. The van der Waals surface area contributed by atoms with Gasteiger partial charge in [-0.3, -0.25) is 56.9 Å². The quantitative estimate of drug-likeness (QED) is 0.103. The lowest BCUT2D eigenvalue weighted by Gasteiger charge is -2.20. The number of nitrogens with zero attached hydrogens (tertiary/aromatic N) is 12. The van der Waals surface area contributed by atoms with Crippen LogP contribution in [0.4, 0.5) is 51.2 Å². The minimum absolute atomic E-state index is 0.0171. The van der Waals surface area contributed by atoms with Gasteiger partial charge in [0.25, 0.3) is 16.7 Å². The highest BCUT2D eigenvalue weighted by Crippen LogP contribution is 2.43. The summed E-state index contributed by atoms with van der Waals surface area (Å²) in [6.07, 6.45) is 0. The van der Waals surface area contributed by atoms with Gasteiger partial charge < -0.3 is 15.3 Å². The van der Waals surface area contributed by atoms with E-state index < -0.39 is 45.9 Å². The molecule has 0 bridgehead atoms. The van der Waals surface area contributed by atoms with Crippen LogP contribution in [0, 0.1) is 40.5 Å². The van der Waals surface area contributed by atoms with Crippen molar-refractivity contribution in [2.45, 2.75) is 20.8 Å². The maximum atomic E-state index is 13.3. The number of carbonyl (C=O) groups is 6. The third-order valence-corrected chi connectivity index (χ3v) is 15.9. The molecule has 0 saturated heterocycles. The number of fused-ring (bicyclic) bond motifs is 6. The minimum atomic E-state index is -0.677. The Hall–Kier alpha value is -12.6. The van der Waals surface area contributed by atoms with Gasteiger partial charge in [0.05, 0.1) is 74.6 Å². The van der Waals surface area contributed by atoms with Gasteiger partial charge in [-0.15, -0.1) is 30.7 Å². The van der Waals surface area contributed by atoms with Crippen molar-refractivity contribution in [3.63, 3.8) is 0 Å². The van der Waals surface area contributed by atoms with Crippen molar-refractivity contribution in [2.24, 2.45) is 51.8 Å². The van der Waals surface area contributed by atoms with Crippen LogP contribution in [0.2, 0.25) is 10.0 Å². The molecule has 0 spiro atoms. The lowest BCUT2D eigenvalue weighted by molar-refractivity contribution is 0.0979. The average Bonchev–Trinajstić information content (AvgIpc) is 0.774. The minimum Gasteiger partial charge on any atom is -0.503 e.